The normalized spacial score (nSPS) is 10.6. The molecule has 0 aliphatic heterocycles. The highest BCUT2D eigenvalue weighted by Gasteiger charge is 2.18. The van der Waals surface area contributed by atoms with Crippen molar-refractivity contribution in [3.05, 3.63) is 89.6 Å². The largest absolute Gasteiger partial charge is 0.462 e. The van der Waals surface area contributed by atoms with Gasteiger partial charge in [-0.2, -0.15) is 0 Å². The van der Waals surface area contributed by atoms with Gasteiger partial charge in [0.1, 0.15) is 17.1 Å². The Hall–Kier alpha value is -3.57. The molecule has 0 spiro atoms. The topological polar surface area (TPSA) is 60.5 Å². The van der Waals surface area contributed by atoms with Gasteiger partial charge in [0.2, 0.25) is 0 Å². The number of nitrogens with one attached hydrogen (secondary N) is 1. The zero-order chi connectivity index (χ0) is 20.9. The molecule has 1 N–H and O–H groups in total. The lowest BCUT2D eigenvalue weighted by Crippen LogP contribution is -2.09. The number of carbonyl (C=O) groups excluding carboxylic acids is 1. The number of aromatic nitrogens is 1. The summed E-state index contributed by atoms with van der Waals surface area (Å²) in [5.74, 6) is 0.896. The molecule has 5 nitrogen and oxygen atoms in total. The highest BCUT2D eigenvalue weighted by atomic mass is 35.5. The first-order valence-electron chi connectivity index (χ1n) is 9.49. The quantitative estimate of drug-likeness (QED) is 0.357. The van der Waals surface area contributed by atoms with E-state index in [-0.39, 0.29) is 6.61 Å². The molecule has 0 aliphatic rings. The Bertz CT molecular complexity index is 1200. The van der Waals surface area contributed by atoms with Gasteiger partial charge in [0.25, 0.3) is 0 Å². The van der Waals surface area contributed by atoms with Gasteiger partial charge in [-0.1, -0.05) is 35.9 Å². The second-order valence-electron chi connectivity index (χ2n) is 6.50. The molecule has 150 valence electrons. The summed E-state index contributed by atoms with van der Waals surface area (Å²) in [6, 6.07) is 22.3. The fraction of sp³-hybridized carbons (Fsp3) is 0.0833. The van der Waals surface area contributed by atoms with Gasteiger partial charge in [-0.3, -0.25) is 4.98 Å². The van der Waals surface area contributed by atoms with Gasteiger partial charge in [-0.15, -0.1) is 0 Å². The van der Waals surface area contributed by atoms with Crippen molar-refractivity contribution < 1.29 is 14.3 Å². The average Bonchev–Trinajstić information content (AvgIpc) is 2.75. The van der Waals surface area contributed by atoms with E-state index in [0.29, 0.717) is 27.5 Å². The number of carbonyl (C=O) groups is 1. The Kier molecular flexibility index (Phi) is 5.82. The Balaban J connectivity index is 1.82. The van der Waals surface area contributed by atoms with Crippen LogP contribution in [0.2, 0.25) is 5.02 Å². The molecule has 0 bridgehead atoms. The molecule has 0 atom stereocenters. The predicted molar refractivity (Wildman–Crippen MR) is 119 cm³/mol. The molecule has 6 heteroatoms. The van der Waals surface area contributed by atoms with E-state index in [1.807, 2.05) is 60.7 Å². The van der Waals surface area contributed by atoms with Gasteiger partial charge in [0.05, 0.1) is 17.8 Å². The van der Waals surface area contributed by atoms with E-state index in [9.17, 15) is 4.79 Å². The average molecular weight is 419 g/mol. The molecule has 4 rings (SSSR count). The summed E-state index contributed by atoms with van der Waals surface area (Å²) in [4.78, 5) is 17.0. The number of para-hydroxylation sites is 1. The van der Waals surface area contributed by atoms with Crippen molar-refractivity contribution in [3.63, 3.8) is 0 Å². The molecule has 0 fully saturated rings. The van der Waals surface area contributed by atoms with Crippen LogP contribution in [-0.4, -0.2) is 17.6 Å². The third kappa shape index (κ3) is 4.36. The number of fused-ring (bicyclic) bond motifs is 1. The van der Waals surface area contributed by atoms with Crippen LogP contribution < -0.4 is 10.1 Å². The molecule has 0 radical (unpaired) electrons. The van der Waals surface area contributed by atoms with Crippen LogP contribution in [0.15, 0.2) is 79.0 Å². The van der Waals surface area contributed by atoms with Crippen LogP contribution >= 0.6 is 11.6 Å². The number of rotatable bonds is 6. The minimum absolute atomic E-state index is 0.268. The summed E-state index contributed by atoms with van der Waals surface area (Å²) in [6.45, 7) is 2.03. The second kappa shape index (κ2) is 8.84. The first-order valence-corrected chi connectivity index (χ1v) is 9.87. The molecule has 0 amide bonds. The smallest absolute Gasteiger partial charge is 0.341 e. The number of nitrogens with zero attached hydrogens (tertiary/aromatic N) is 1. The maximum absolute atomic E-state index is 12.6. The third-order valence-electron chi connectivity index (χ3n) is 4.41. The van der Waals surface area contributed by atoms with Crippen molar-refractivity contribution >= 4 is 39.8 Å². The summed E-state index contributed by atoms with van der Waals surface area (Å²) in [5.41, 5.74) is 2.38. The van der Waals surface area contributed by atoms with Crippen LogP contribution in [0.4, 0.5) is 11.4 Å². The highest BCUT2D eigenvalue weighted by Crippen LogP contribution is 2.34. The van der Waals surface area contributed by atoms with E-state index in [4.69, 9.17) is 21.1 Å². The van der Waals surface area contributed by atoms with Crippen LogP contribution in [0.5, 0.6) is 11.5 Å². The molecular formula is C24H19ClN2O3. The zero-order valence-electron chi connectivity index (χ0n) is 16.3. The number of esters is 1. The number of ether oxygens (including phenoxy) is 2. The maximum atomic E-state index is 12.6. The number of anilines is 2. The van der Waals surface area contributed by atoms with Crippen molar-refractivity contribution in [2.24, 2.45) is 0 Å². The highest BCUT2D eigenvalue weighted by molar-refractivity contribution is 6.30. The molecule has 3 aromatic carbocycles. The van der Waals surface area contributed by atoms with E-state index < -0.39 is 5.97 Å². The first kappa shape index (κ1) is 19.7. The van der Waals surface area contributed by atoms with Crippen molar-refractivity contribution in [1.82, 2.24) is 4.98 Å². The van der Waals surface area contributed by atoms with Gasteiger partial charge in [-0.25, -0.2) is 4.79 Å². The first-order chi connectivity index (χ1) is 14.6. The summed E-state index contributed by atoms with van der Waals surface area (Å²) in [6.07, 6.45) is 1.52. The fourth-order valence-electron chi connectivity index (χ4n) is 3.07. The van der Waals surface area contributed by atoms with Crippen molar-refractivity contribution in [1.29, 1.82) is 0 Å². The number of pyridine rings is 1. The fourth-order valence-corrected chi connectivity index (χ4v) is 3.26. The van der Waals surface area contributed by atoms with Crippen molar-refractivity contribution in [2.45, 2.75) is 6.92 Å². The Morgan fingerprint density at radius 3 is 2.60 bits per heavy atom. The monoisotopic (exact) mass is 418 g/mol. The van der Waals surface area contributed by atoms with E-state index in [1.165, 1.54) is 6.20 Å². The SMILES string of the molecule is CCOC(=O)c1cnc2ccc(Oc3ccccc3)cc2c1Nc1cccc(Cl)c1. The number of halogens is 1. The van der Waals surface area contributed by atoms with Crippen LogP contribution in [0.3, 0.4) is 0 Å². The van der Waals surface area contributed by atoms with Crippen LogP contribution in [0, 0.1) is 0 Å². The summed E-state index contributed by atoms with van der Waals surface area (Å²) in [7, 11) is 0. The van der Waals surface area contributed by atoms with E-state index in [2.05, 4.69) is 10.3 Å². The lowest BCUT2D eigenvalue weighted by molar-refractivity contribution is 0.0527. The molecule has 4 aromatic rings. The lowest BCUT2D eigenvalue weighted by atomic mass is 10.1. The number of hydrogen-bond acceptors (Lipinski definition) is 5. The van der Waals surface area contributed by atoms with Crippen LogP contribution in [0.1, 0.15) is 17.3 Å². The zero-order valence-corrected chi connectivity index (χ0v) is 17.0. The van der Waals surface area contributed by atoms with E-state index in [0.717, 1.165) is 16.8 Å². The summed E-state index contributed by atoms with van der Waals surface area (Å²) >= 11 is 6.13. The number of hydrogen-bond donors (Lipinski definition) is 1. The molecule has 30 heavy (non-hydrogen) atoms. The second-order valence-corrected chi connectivity index (χ2v) is 6.93. The van der Waals surface area contributed by atoms with Crippen molar-refractivity contribution in [3.8, 4) is 11.5 Å². The molecular weight excluding hydrogens is 400 g/mol. The molecule has 0 aliphatic carbocycles. The molecule has 0 saturated heterocycles. The third-order valence-corrected chi connectivity index (χ3v) is 4.64. The molecule has 0 unspecified atom stereocenters. The van der Waals surface area contributed by atoms with Gasteiger partial charge < -0.3 is 14.8 Å². The van der Waals surface area contributed by atoms with Gasteiger partial charge in [-0.05, 0) is 55.5 Å². The molecule has 0 saturated carbocycles. The summed E-state index contributed by atoms with van der Waals surface area (Å²) < 4.78 is 11.2. The summed E-state index contributed by atoms with van der Waals surface area (Å²) in [5, 5.41) is 4.62. The van der Waals surface area contributed by atoms with Crippen LogP contribution in [0.25, 0.3) is 10.9 Å². The van der Waals surface area contributed by atoms with E-state index >= 15 is 0 Å². The van der Waals surface area contributed by atoms with Gasteiger partial charge in [0.15, 0.2) is 0 Å². The standard InChI is InChI=1S/C24H19ClN2O3/c1-2-29-24(28)21-15-26-22-12-11-19(30-18-9-4-3-5-10-18)14-20(22)23(21)27-17-8-6-7-16(25)13-17/h3-15H,2H2,1H3,(H,26,27). The Morgan fingerprint density at radius 2 is 1.83 bits per heavy atom. The van der Waals surface area contributed by atoms with Gasteiger partial charge >= 0.3 is 5.97 Å². The minimum atomic E-state index is -0.453. The number of benzene rings is 3. The molecule has 1 aromatic heterocycles. The molecule has 1 heterocycles. The van der Waals surface area contributed by atoms with E-state index in [1.54, 1.807) is 19.1 Å². The Morgan fingerprint density at radius 1 is 1.00 bits per heavy atom. The van der Waals surface area contributed by atoms with Crippen molar-refractivity contribution in [2.75, 3.05) is 11.9 Å². The lowest BCUT2D eigenvalue weighted by Gasteiger charge is -2.15. The predicted octanol–water partition coefficient (Wildman–Crippen LogP) is 6.60. The van der Waals surface area contributed by atoms with Gasteiger partial charge in [0, 0.05) is 22.3 Å². The maximum Gasteiger partial charge on any atom is 0.341 e. The van der Waals surface area contributed by atoms with Crippen LogP contribution in [-0.2, 0) is 4.74 Å². The Labute approximate surface area is 179 Å². The minimum Gasteiger partial charge on any atom is -0.462 e.